The van der Waals surface area contributed by atoms with Gasteiger partial charge in [-0.1, -0.05) is 20.8 Å². The first kappa shape index (κ1) is 15.2. The number of morpholine rings is 1. The number of hydrogen-bond acceptors (Lipinski definition) is 7. The standard InChI is InChI=1S/C13H21N3O3S/c1-8-6-16(7-9(19-8)10(17)18-5)12-14-11(15-20-12)13(2,3)4/h8-9H,6-7H2,1-5H3/t8-,9?/m1/s1. The summed E-state index contributed by atoms with van der Waals surface area (Å²) in [4.78, 5) is 18.3. The van der Waals surface area contributed by atoms with E-state index in [-0.39, 0.29) is 17.5 Å². The highest BCUT2D eigenvalue weighted by Gasteiger charge is 2.33. The van der Waals surface area contributed by atoms with Crippen molar-refractivity contribution in [3.63, 3.8) is 0 Å². The van der Waals surface area contributed by atoms with Crippen molar-refractivity contribution in [1.82, 2.24) is 9.36 Å². The Bertz CT molecular complexity index is 483. The maximum absolute atomic E-state index is 11.6. The van der Waals surface area contributed by atoms with Gasteiger partial charge in [-0.2, -0.15) is 4.37 Å². The Labute approximate surface area is 123 Å². The molecule has 1 aliphatic rings. The van der Waals surface area contributed by atoms with Crippen LogP contribution in [0.4, 0.5) is 5.13 Å². The molecule has 0 bridgehead atoms. The van der Waals surface area contributed by atoms with Crippen LogP contribution in [0.3, 0.4) is 0 Å². The molecule has 1 saturated heterocycles. The van der Waals surface area contributed by atoms with Crippen molar-refractivity contribution in [2.24, 2.45) is 0 Å². The minimum atomic E-state index is -0.564. The molecule has 1 aliphatic heterocycles. The fourth-order valence-electron chi connectivity index (χ4n) is 2.02. The van der Waals surface area contributed by atoms with E-state index in [1.807, 2.05) is 11.8 Å². The number of esters is 1. The average Bonchev–Trinajstić information content (AvgIpc) is 2.86. The molecular weight excluding hydrogens is 278 g/mol. The van der Waals surface area contributed by atoms with Crippen LogP contribution < -0.4 is 4.90 Å². The molecule has 2 atom stereocenters. The van der Waals surface area contributed by atoms with Gasteiger partial charge in [-0.25, -0.2) is 9.78 Å². The molecule has 0 amide bonds. The van der Waals surface area contributed by atoms with E-state index < -0.39 is 6.10 Å². The zero-order valence-electron chi connectivity index (χ0n) is 12.5. The fourth-order valence-corrected chi connectivity index (χ4v) is 2.89. The van der Waals surface area contributed by atoms with E-state index in [4.69, 9.17) is 9.47 Å². The third-order valence-corrected chi connectivity index (χ3v) is 3.86. The van der Waals surface area contributed by atoms with Crippen molar-refractivity contribution in [3.8, 4) is 0 Å². The second-order valence-electron chi connectivity index (χ2n) is 6.01. The van der Waals surface area contributed by atoms with Crippen LogP contribution in [0.1, 0.15) is 33.5 Å². The summed E-state index contributed by atoms with van der Waals surface area (Å²) in [5.41, 5.74) is -0.0750. The summed E-state index contributed by atoms with van der Waals surface area (Å²) in [5, 5.41) is 0.832. The molecule has 6 nitrogen and oxygen atoms in total. The minimum absolute atomic E-state index is 0.0464. The lowest BCUT2D eigenvalue weighted by Gasteiger charge is -2.35. The van der Waals surface area contributed by atoms with Crippen molar-refractivity contribution < 1.29 is 14.3 Å². The van der Waals surface area contributed by atoms with Crippen LogP contribution in [-0.4, -0.2) is 47.7 Å². The van der Waals surface area contributed by atoms with Crippen LogP contribution in [0.5, 0.6) is 0 Å². The maximum Gasteiger partial charge on any atom is 0.336 e. The van der Waals surface area contributed by atoms with Crippen LogP contribution in [0.25, 0.3) is 0 Å². The van der Waals surface area contributed by atoms with Gasteiger partial charge in [-0.15, -0.1) is 0 Å². The summed E-state index contributed by atoms with van der Waals surface area (Å²) >= 11 is 1.36. The Morgan fingerprint density at radius 2 is 2.15 bits per heavy atom. The Morgan fingerprint density at radius 3 is 2.70 bits per heavy atom. The lowest BCUT2D eigenvalue weighted by atomic mass is 9.96. The second kappa shape index (κ2) is 5.65. The third kappa shape index (κ3) is 3.27. The first-order valence-electron chi connectivity index (χ1n) is 6.63. The quantitative estimate of drug-likeness (QED) is 0.773. The van der Waals surface area contributed by atoms with E-state index in [9.17, 15) is 4.79 Å². The van der Waals surface area contributed by atoms with E-state index in [1.54, 1.807) is 0 Å². The molecule has 7 heteroatoms. The topological polar surface area (TPSA) is 64.5 Å². The number of carbonyl (C=O) groups excluding carboxylic acids is 1. The number of hydrogen-bond donors (Lipinski definition) is 0. The van der Waals surface area contributed by atoms with Crippen molar-refractivity contribution >= 4 is 22.6 Å². The molecule has 2 heterocycles. The normalized spacial score (nSPS) is 23.8. The first-order chi connectivity index (χ1) is 9.31. The molecule has 0 saturated carbocycles. The largest absolute Gasteiger partial charge is 0.467 e. The maximum atomic E-state index is 11.6. The third-order valence-electron chi connectivity index (χ3n) is 3.08. The van der Waals surface area contributed by atoms with Gasteiger partial charge in [0, 0.05) is 23.5 Å². The van der Waals surface area contributed by atoms with Gasteiger partial charge < -0.3 is 14.4 Å². The number of nitrogens with zero attached hydrogens (tertiary/aromatic N) is 3. The summed E-state index contributed by atoms with van der Waals surface area (Å²) in [6.07, 6.45) is -0.611. The molecule has 2 rings (SSSR count). The zero-order chi connectivity index (χ0) is 14.9. The van der Waals surface area contributed by atoms with Gasteiger partial charge >= 0.3 is 5.97 Å². The molecular formula is C13H21N3O3S. The molecule has 0 N–H and O–H groups in total. The molecule has 112 valence electrons. The summed E-state index contributed by atoms with van der Waals surface area (Å²) in [7, 11) is 1.37. The Hall–Kier alpha value is -1.21. The smallest absolute Gasteiger partial charge is 0.336 e. The SMILES string of the molecule is COC(=O)C1CN(c2nc(C(C)(C)C)ns2)C[C@@H](C)O1. The summed E-state index contributed by atoms with van der Waals surface area (Å²) < 4.78 is 14.8. The lowest BCUT2D eigenvalue weighted by Crippen LogP contribution is -2.50. The number of ether oxygens (including phenoxy) is 2. The van der Waals surface area contributed by atoms with E-state index >= 15 is 0 Å². The summed E-state index contributed by atoms with van der Waals surface area (Å²) in [5.74, 6) is 0.480. The number of methoxy groups -OCH3 is 1. The number of anilines is 1. The van der Waals surface area contributed by atoms with E-state index in [1.165, 1.54) is 18.6 Å². The van der Waals surface area contributed by atoms with Crippen molar-refractivity contribution in [2.45, 2.75) is 45.3 Å². The van der Waals surface area contributed by atoms with E-state index in [0.717, 1.165) is 11.0 Å². The van der Waals surface area contributed by atoms with Gasteiger partial charge in [-0.05, 0) is 6.92 Å². The highest BCUT2D eigenvalue weighted by atomic mass is 32.1. The molecule has 1 unspecified atom stereocenters. The van der Waals surface area contributed by atoms with Crippen molar-refractivity contribution in [1.29, 1.82) is 0 Å². The van der Waals surface area contributed by atoms with Gasteiger partial charge in [-0.3, -0.25) is 0 Å². The van der Waals surface area contributed by atoms with Crippen molar-refractivity contribution in [2.75, 3.05) is 25.1 Å². The van der Waals surface area contributed by atoms with Gasteiger partial charge in [0.15, 0.2) is 6.10 Å². The van der Waals surface area contributed by atoms with E-state index in [2.05, 4.69) is 30.1 Å². The minimum Gasteiger partial charge on any atom is -0.467 e. The second-order valence-corrected chi connectivity index (χ2v) is 6.74. The van der Waals surface area contributed by atoms with Crippen LogP contribution in [-0.2, 0) is 19.7 Å². The molecule has 1 fully saturated rings. The predicted octanol–water partition coefficient (Wildman–Crippen LogP) is 1.60. The Morgan fingerprint density at radius 1 is 1.45 bits per heavy atom. The zero-order valence-corrected chi connectivity index (χ0v) is 13.4. The highest BCUT2D eigenvalue weighted by molar-refractivity contribution is 7.09. The molecule has 1 aromatic heterocycles. The van der Waals surface area contributed by atoms with E-state index in [0.29, 0.717) is 13.1 Å². The van der Waals surface area contributed by atoms with Crippen LogP contribution in [0.15, 0.2) is 0 Å². The number of rotatable bonds is 2. The highest BCUT2D eigenvalue weighted by Crippen LogP contribution is 2.27. The molecule has 0 aliphatic carbocycles. The first-order valence-corrected chi connectivity index (χ1v) is 7.41. The molecule has 0 aromatic carbocycles. The summed E-state index contributed by atoms with van der Waals surface area (Å²) in [6, 6.07) is 0. The van der Waals surface area contributed by atoms with Gasteiger partial charge in [0.1, 0.15) is 5.82 Å². The van der Waals surface area contributed by atoms with Gasteiger partial charge in [0.2, 0.25) is 5.13 Å². The number of carbonyl (C=O) groups is 1. The molecule has 1 aromatic rings. The lowest BCUT2D eigenvalue weighted by molar-refractivity contribution is -0.158. The number of aromatic nitrogens is 2. The van der Waals surface area contributed by atoms with Gasteiger partial charge in [0.25, 0.3) is 0 Å². The van der Waals surface area contributed by atoms with Crippen LogP contribution >= 0.6 is 11.5 Å². The fraction of sp³-hybridized carbons (Fsp3) is 0.769. The molecule has 20 heavy (non-hydrogen) atoms. The molecule has 0 radical (unpaired) electrons. The van der Waals surface area contributed by atoms with Gasteiger partial charge in [0.05, 0.1) is 19.8 Å². The molecule has 0 spiro atoms. The monoisotopic (exact) mass is 299 g/mol. The van der Waals surface area contributed by atoms with Crippen molar-refractivity contribution in [3.05, 3.63) is 5.82 Å². The summed E-state index contributed by atoms with van der Waals surface area (Å²) in [6.45, 7) is 9.34. The average molecular weight is 299 g/mol. The van der Waals surface area contributed by atoms with Crippen LogP contribution in [0.2, 0.25) is 0 Å². The Kier molecular flexibility index (Phi) is 4.29. The Balaban J connectivity index is 2.15. The van der Waals surface area contributed by atoms with Crippen LogP contribution in [0, 0.1) is 0 Å². The predicted molar refractivity (Wildman–Crippen MR) is 77.2 cm³/mol.